The van der Waals surface area contributed by atoms with E-state index in [9.17, 15) is 14.9 Å². The van der Waals surface area contributed by atoms with E-state index < -0.39 is 11.0 Å². The fourth-order valence-corrected chi connectivity index (χ4v) is 3.00. The highest BCUT2D eigenvalue weighted by Crippen LogP contribution is 2.51. The minimum atomic E-state index is -0.566. The van der Waals surface area contributed by atoms with Gasteiger partial charge in [0.05, 0.1) is 11.5 Å². The third-order valence-corrected chi connectivity index (χ3v) is 4.01. The summed E-state index contributed by atoms with van der Waals surface area (Å²) in [5.74, 6) is 0.0736. The quantitative estimate of drug-likeness (QED) is 0.360. The molecule has 0 radical (unpaired) electrons. The molecule has 3 rings (SSSR count). The predicted molar refractivity (Wildman–Crippen MR) is 73.1 cm³/mol. The van der Waals surface area contributed by atoms with Crippen LogP contribution in [-0.4, -0.2) is 39.6 Å². The molecule has 2 heterocycles. The van der Waals surface area contributed by atoms with Crippen LogP contribution < -0.4 is 4.90 Å². The third-order valence-electron chi connectivity index (χ3n) is 3.82. The maximum atomic E-state index is 12.1. The number of piperidine rings is 1. The SMILES string of the molecule is CCOC(=O)C1CC2CC2N1c1nc(Cl)ncc1[N+](=O)[O-]. The molecule has 2 fully saturated rings. The van der Waals surface area contributed by atoms with Crippen molar-refractivity contribution in [2.24, 2.45) is 5.92 Å². The van der Waals surface area contributed by atoms with Gasteiger partial charge in [-0.2, -0.15) is 4.98 Å². The van der Waals surface area contributed by atoms with Gasteiger partial charge >= 0.3 is 11.7 Å². The van der Waals surface area contributed by atoms with Crippen LogP contribution >= 0.6 is 11.6 Å². The van der Waals surface area contributed by atoms with Crippen molar-refractivity contribution in [3.8, 4) is 0 Å². The molecule has 1 aliphatic carbocycles. The van der Waals surface area contributed by atoms with E-state index in [-0.39, 0.29) is 35.4 Å². The van der Waals surface area contributed by atoms with Crippen molar-refractivity contribution in [1.29, 1.82) is 0 Å². The molecule has 1 saturated heterocycles. The minimum Gasteiger partial charge on any atom is -0.464 e. The second kappa shape index (κ2) is 5.10. The molecule has 0 spiro atoms. The first-order valence-corrected chi connectivity index (χ1v) is 7.02. The Kier molecular flexibility index (Phi) is 3.40. The summed E-state index contributed by atoms with van der Waals surface area (Å²) >= 11 is 5.76. The average Bonchev–Trinajstić information content (AvgIpc) is 3.09. The summed E-state index contributed by atoms with van der Waals surface area (Å²) in [5.41, 5.74) is -0.249. The number of halogens is 1. The van der Waals surface area contributed by atoms with Gasteiger partial charge in [0.1, 0.15) is 12.2 Å². The number of ether oxygens (including phenoxy) is 1. The van der Waals surface area contributed by atoms with Crippen LogP contribution in [0, 0.1) is 16.0 Å². The smallest absolute Gasteiger partial charge is 0.329 e. The van der Waals surface area contributed by atoms with Gasteiger partial charge in [0, 0.05) is 6.04 Å². The number of anilines is 1. The van der Waals surface area contributed by atoms with Crippen LogP contribution in [0.2, 0.25) is 5.28 Å². The molecule has 112 valence electrons. The minimum absolute atomic E-state index is 0.0812. The Balaban J connectivity index is 1.99. The maximum absolute atomic E-state index is 12.1. The van der Waals surface area contributed by atoms with E-state index in [1.807, 2.05) is 0 Å². The molecule has 8 nitrogen and oxygen atoms in total. The zero-order valence-electron chi connectivity index (χ0n) is 11.2. The van der Waals surface area contributed by atoms with Crippen LogP contribution in [-0.2, 0) is 9.53 Å². The summed E-state index contributed by atoms with van der Waals surface area (Å²) in [4.78, 5) is 31.9. The molecule has 21 heavy (non-hydrogen) atoms. The van der Waals surface area contributed by atoms with Crippen LogP contribution in [0.4, 0.5) is 11.5 Å². The number of rotatable bonds is 4. The number of fused-ring (bicyclic) bond motifs is 1. The molecule has 0 N–H and O–H groups in total. The first kappa shape index (κ1) is 14.0. The number of nitro groups is 1. The summed E-state index contributed by atoms with van der Waals surface area (Å²) in [6.45, 7) is 1.99. The Bertz CT molecular complexity index is 611. The fourth-order valence-electron chi connectivity index (χ4n) is 2.87. The number of carbonyl (C=O) groups excluding carboxylic acids is 1. The largest absolute Gasteiger partial charge is 0.464 e. The lowest BCUT2D eigenvalue weighted by atomic mass is 10.1. The monoisotopic (exact) mass is 312 g/mol. The first-order chi connectivity index (χ1) is 10.0. The molecule has 9 heteroatoms. The zero-order chi connectivity index (χ0) is 15.1. The molecular weight excluding hydrogens is 300 g/mol. The van der Waals surface area contributed by atoms with Gasteiger partial charge in [-0.05, 0) is 37.3 Å². The van der Waals surface area contributed by atoms with Gasteiger partial charge in [-0.3, -0.25) is 10.1 Å². The van der Waals surface area contributed by atoms with Gasteiger partial charge in [0.25, 0.3) is 0 Å². The van der Waals surface area contributed by atoms with E-state index in [1.54, 1.807) is 11.8 Å². The topological polar surface area (TPSA) is 98.5 Å². The van der Waals surface area contributed by atoms with Crippen LogP contribution in [0.5, 0.6) is 0 Å². The molecule has 3 atom stereocenters. The number of hydrogen-bond donors (Lipinski definition) is 0. The molecule has 1 saturated carbocycles. The van der Waals surface area contributed by atoms with Gasteiger partial charge in [0.2, 0.25) is 11.1 Å². The number of carbonyl (C=O) groups is 1. The number of aromatic nitrogens is 2. The Morgan fingerprint density at radius 2 is 2.38 bits per heavy atom. The molecular formula is C12H13ClN4O4. The molecule has 2 aliphatic rings. The summed E-state index contributed by atoms with van der Waals surface area (Å²) in [5, 5.41) is 11.1. The lowest BCUT2D eigenvalue weighted by Crippen LogP contribution is -2.41. The number of nitrogens with zero attached hydrogens (tertiary/aromatic N) is 4. The van der Waals surface area contributed by atoms with E-state index in [2.05, 4.69) is 9.97 Å². The molecule has 1 aromatic rings. The van der Waals surface area contributed by atoms with Crippen LogP contribution in [0.1, 0.15) is 19.8 Å². The lowest BCUT2D eigenvalue weighted by molar-refractivity contribution is -0.384. The number of esters is 1. The normalized spacial score (nSPS) is 26.4. The summed E-state index contributed by atoms with van der Waals surface area (Å²) < 4.78 is 5.05. The van der Waals surface area contributed by atoms with Crippen molar-refractivity contribution in [2.45, 2.75) is 31.8 Å². The lowest BCUT2D eigenvalue weighted by Gasteiger charge is -2.26. The van der Waals surface area contributed by atoms with E-state index >= 15 is 0 Å². The molecule has 0 amide bonds. The van der Waals surface area contributed by atoms with Crippen molar-refractivity contribution < 1.29 is 14.5 Å². The van der Waals surface area contributed by atoms with Crippen molar-refractivity contribution >= 4 is 29.1 Å². The Morgan fingerprint density at radius 1 is 1.62 bits per heavy atom. The standard InChI is InChI=1S/C12H13ClN4O4/c1-2-21-11(18)8-4-6-3-7(6)16(8)10-9(17(19)20)5-14-12(13)15-10/h5-8H,2-4H2,1H3. The van der Waals surface area contributed by atoms with E-state index in [4.69, 9.17) is 16.3 Å². The van der Waals surface area contributed by atoms with Gasteiger partial charge in [0.15, 0.2) is 0 Å². The first-order valence-electron chi connectivity index (χ1n) is 6.64. The van der Waals surface area contributed by atoms with E-state index in [0.29, 0.717) is 12.3 Å². The molecule has 1 aromatic heterocycles. The number of hydrogen-bond acceptors (Lipinski definition) is 7. The van der Waals surface area contributed by atoms with Crippen LogP contribution in [0.25, 0.3) is 0 Å². The van der Waals surface area contributed by atoms with Crippen molar-refractivity contribution in [2.75, 3.05) is 11.5 Å². The fraction of sp³-hybridized carbons (Fsp3) is 0.583. The van der Waals surface area contributed by atoms with Gasteiger partial charge in [-0.1, -0.05) is 0 Å². The predicted octanol–water partition coefficient (Wildman–Crippen LogP) is 1.57. The second-order valence-corrected chi connectivity index (χ2v) is 5.42. The highest BCUT2D eigenvalue weighted by atomic mass is 35.5. The van der Waals surface area contributed by atoms with Crippen molar-refractivity contribution in [3.05, 3.63) is 21.6 Å². The van der Waals surface area contributed by atoms with Gasteiger partial charge in [-0.25, -0.2) is 9.78 Å². The molecule has 1 aliphatic heterocycles. The van der Waals surface area contributed by atoms with Crippen LogP contribution in [0.3, 0.4) is 0 Å². The summed E-state index contributed by atoms with van der Waals surface area (Å²) in [6, 6.07) is -0.456. The Hall–Kier alpha value is -1.96. The maximum Gasteiger partial charge on any atom is 0.329 e. The zero-order valence-corrected chi connectivity index (χ0v) is 12.0. The van der Waals surface area contributed by atoms with Crippen LogP contribution in [0.15, 0.2) is 6.20 Å². The molecule has 0 bridgehead atoms. The second-order valence-electron chi connectivity index (χ2n) is 5.08. The Labute approximate surface area is 125 Å². The van der Waals surface area contributed by atoms with E-state index in [1.165, 1.54) is 0 Å². The van der Waals surface area contributed by atoms with E-state index in [0.717, 1.165) is 12.6 Å². The van der Waals surface area contributed by atoms with Crippen molar-refractivity contribution in [3.63, 3.8) is 0 Å². The van der Waals surface area contributed by atoms with Gasteiger partial charge in [-0.15, -0.1) is 0 Å². The van der Waals surface area contributed by atoms with Crippen molar-refractivity contribution in [1.82, 2.24) is 9.97 Å². The molecule has 0 aromatic carbocycles. The highest BCUT2D eigenvalue weighted by molar-refractivity contribution is 6.28. The summed E-state index contributed by atoms with van der Waals surface area (Å²) in [7, 11) is 0. The average molecular weight is 313 g/mol. The Morgan fingerprint density at radius 3 is 3.05 bits per heavy atom. The molecule has 3 unspecified atom stereocenters. The van der Waals surface area contributed by atoms with Gasteiger partial charge < -0.3 is 9.64 Å². The highest BCUT2D eigenvalue weighted by Gasteiger charge is 2.56. The summed E-state index contributed by atoms with van der Waals surface area (Å²) in [6.07, 6.45) is 2.60. The third kappa shape index (κ3) is 2.39.